The number of carbonyl (C=O) groups is 1. The molecule has 1 aromatic heterocycles. The molecule has 1 amide bonds. The summed E-state index contributed by atoms with van der Waals surface area (Å²) in [5, 5.41) is 3.12. The Morgan fingerprint density at radius 3 is 2.33 bits per heavy atom. The zero-order valence-corrected chi connectivity index (χ0v) is 20.6. The molecule has 4 bridgehead atoms. The van der Waals surface area contributed by atoms with Crippen LogP contribution in [0.4, 0.5) is 10.2 Å². The third-order valence-corrected chi connectivity index (χ3v) is 9.19. The van der Waals surface area contributed by atoms with Crippen molar-refractivity contribution in [1.82, 2.24) is 9.97 Å². The molecule has 2 aromatic carbocycles. The van der Waals surface area contributed by atoms with Gasteiger partial charge in [0, 0.05) is 5.56 Å². The number of hydrogen-bond donors (Lipinski definition) is 1. The van der Waals surface area contributed by atoms with E-state index >= 15 is 0 Å². The van der Waals surface area contributed by atoms with Crippen molar-refractivity contribution in [1.29, 1.82) is 0 Å². The molecule has 4 nitrogen and oxygen atoms in total. The van der Waals surface area contributed by atoms with Crippen LogP contribution in [0.1, 0.15) is 61.0 Å². The van der Waals surface area contributed by atoms with E-state index in [2.05, 4.69) is 29.6 Å². The summed E-state index contributed by atoms with van der Waals surface area (Å²) in [5.41, 5.74) is 6.50. The Hall–Kier alpha value is -3.08. The maximum absolute atomic E-state index is 13.3. The zero-order valence-electron chi connectivity index (χ0n) is 20.6. The predicted molar refractivity (Wildman–Crippen MR) is 138 cm³/mol. The molecule has 4 fully saturated rings. The Morgan fingerprint density at radius 2 is 1.61 bits per heavy atom. The second kappa shape index (κ2) is 8.50. The number of amides is 1. The largest absolute Gasteiger partial charge is 0.309 e. The van der Waals surface area contributed by atoms with Gasteiger partial charge in [0.25, 0.3) is 0 Å². The molecule has 0 unspecified atom stereocenters. The van der Waals surface area contributed by atoms with Gasteiger partial charge in [0.2, 0.25) is 5.91 Å². The Bertz CT molecular complexity index is 1300. The SMILES string of the molecule is O=C(Cc1ccc(F)cc1)Nc1nc2c(nc1CC13CC4CC(CC(C4)C1)C3)-c1ccccc1CC2. The van der Waals surface area contributed by atoms with E-state index in [0.29, 0.717) is 11.2 Å². The van der Waals surface area contributed by atoms with Crippen LogP contribution in [0.2, 0.25) is 0 Å². The second-order valence-corrected chi connectivity index (χ2v) is 11.9. The smallest absolute Gasteiger partial charge is 0.229 e. The van der Waals surface area contributed by atoms with Crippen LogP contribution in [0, 0.1) is 29.0 Å². The highest BCUT2D eigenvalue weighted by Gasteiger charge is 2.51. The number of benzene rings is 2. The maximum Gasteiger partial charge on any atom is 0.229 e. The van der Waals surface area contributed by atoms with Gasteiger partial charge < -0.3 is 5.32 Å². The molecular formula is C31H32FN3O. The Kier molecular flexibility index (Phi) is 5.23. The number of anilines is 1. The molecule has 0 spiro atoms. The molecule has 1 heterocycles. The van der Waals surface area contributed by atoms with E-state index in [1.807, 2.05) is 0 Å². The van der Waals surface area contributed by atoms with Gasteiger partial charge in [-0.15, -0.1) is 0 Å². The molecular weight excluding hydrogens is 449 g/mol. The van der Waals surface area contributed by atoms with Crippen molar-refractivity contribution < 1.29 is 9.18 Å². The zero-order chi connectivity index (χ0) is 24.3. The molecule has 1 N–H and O–H groups in total. The highest BCUT2D eigenvalue weighted by atomic mass is 19.1. The number of nitrogens with one attached hydrogen (secondary N) is 1. The number of aryl methyl sites for hydroxylation is 2. The van der Waals surface area contributed by atoms with E-state index in [4.69, 9.17) is 9.97 Å². The molecule has 0 atom stereocenters. The van der Waals surface area contributed by atoms with Gasteiger partial charge in [-0.1, -0.05) is 36.4 Å². The number of hydrogen-bond acceptors (Lipinski definition) is 3. The van der Waals surface area contributed by atoms with E-state index in [0.717, 1.165) is 59.7 Å². The molecule has 0 radical (unpaired) electrons. The lowest BCUT2D eigenvalue weighted by atomic mass is 9.48. The summed E-state index contributed by atoms with van der Waals surface area (Å²) in [4.78, 5) is 23.4. The van der Waals surface area contributed by atoms with Crippen molar-refractivity contribution in [3.8, 4) is 11.3 Å². The fourth-order valence-electron chi connectivity index (χ4n) is 8.17. The normalized spacial score (nSPS) is 27.4. The van der Waals surface area contributed by atoms with E-state index in [9.17, 15) is 9.18 Å². The molecule has 3 aromatic rings. The van der Waals surface area contributed by atoms with Gasteiger partial charge in [0.15, 0.2) is 5.82 Å². The summed E-state index contributed by atoms with van der Waals surface area (Å²) < 4.78 is 13.3. The van der Waals surface area contributed by atoms with Crippen molar-refractivity contribution in [2.75, 3.05) is 5.32 Å². The summed E-state index contributed by atoms with van der Waals surface area (Å²) in [6.45, 7) is 0. The van der Waals surface area contributed by atoms with Crippen LogP contribution >= 0.6 is 0 Å². The molecule has 0 aliphatic heterocycles. The Morgan fingerprint density at radius 1 is 0.917 bits per heavy atom. The van der Waals surface area contributed by atoms with Gasteiger partial charge in [0.1, 0.15) is 5.82 Å². The molecule has 0 saturated heterocycles. The fraction of sp³-hybridized carbons (Fsp3) is 0.452. The first kappa shape index (κ1) is 22.1. The molecule has 5 aliphatic carbocycles. The van der Waals surface area contributed by atoms with Crippen molar-refractivity contribution in [2.24, 2.45) is 23.2 Å². The first-order chi connectivity index (χ1) is 17.5. The van der Waals surface area contributed by atoms with Crippen LogP contribution in [-0.2, 0) is 30.5 Å². The summed E-state index contributed by atoms with van der Waals surface area (Å²) in [6.07, 6.45) is 10.9. The minimum atomic E-state index is -0.294. The summed E-state index contributed by atoms with van der Waals surface area (Å²) in [7, 11) is 0. The third kappa shape index (κ3) is 4.03. The molecule has 36 heavy (non-hydrogen) atoms. The lowest BCUT2D eigenvalue weighted by Gasteiger charge is -2.57. The molecule has 184 valence electrons. The van der Waals surface area contributed by atoms with E-state index in [1.165, 1.54) is 61.8 Å². The van der Waals surface area contributed by atoms with Gasteiger partial charge in [-0.05, 0) is 104 Å². The third-order valence-electron chi connectivity index (χ3n) is 9.19. The van der Waals surface area contributed by atoms with Crippen LogP contribution < -0.4 is 5.32 Å². The standard InChI is InChI=1S/C31H32FN3O/c32-24-8-5-19(6-9-24)14-28(36)35-30-27(18-31-15-20-11-21(16-31)13-22(12-20)17-31)33-29-25-4-2-1-3-23(25)7-10-26(29)34-30/h1-6,8-9,20-22H,7,10-18H2,(H,34,35,36). The van der Waals surface area contributed by atoms with Crippen molar-refractivity contribution in [2.45, 2.75) is 64.2 Å². The average Bonchev–Trinajstić information content (AvgIpc) is 2.85. The van der Waals surface area contributed by atoms with Crippen LogP contribution in [0.3, 0.4) is 0 Å². The topological polar surface area (TPSA) is 54.9 Å². The number of halogens is 1. The lowest BCUT2D eigenvalue weighted by Crippen LogP contribution is -2.47. The van der Waals surface area contributed by atoms with Gasteiger partial charge in [0.05, 0.1) is 23.5 Å². The molecule has 5 heteroatoms. The van der Waals surface area contributed by atoms with E-state index in [-0.39, 0.29) is 18.1 Å². The Balaban J connectivity index is 1.24. The highest BCUT2D eigenvalue weighted by Crippen LogP contribution is 2.61. The van der Waals surface area contributed by atoms with Gasteiger partial charge in [-0.2, -0.15) is 0 Å². The van der Waals surface area contributed by atoms with Gasteiger partial charge >= 0.3 is 0 Å². The van der Waals surface area contributed by atoms with Crippen LogP contribution in [0.15, 0.2) is 48.5 Å². The first-order valence-corrected chi connectivity index (χ1v) is 13.5. The van der Waals surface area contributed by atoms with Gasteiger partial charge in [-0.3, -0.25) is 4.79 Å². The molecule has 4 saturated carbocycles. The first-order valence-electron chi connectivity index (χ1n) is 13.5. The average molecular weight is 482 g/mol. The molecule has 5 aliphatic rings. The number of rotatable bonds is 5. The van der Waals surface area contributed by atoms with Crippen molar-refractivity contribution in [3.63, 3.8) is 0 Å². The number of fused-ring (bicyclic) bond motifs is 3. The lowest BCUT2D eigenvalue weighted by molar-refractivity contribution is -0.115. The minimum absolute atomic E-state index is 0.126. The quantitative estimate of drug-likeness (QED) is 0.464. The van der Waals surface area contributed by atoms with Crippen LogP contribution in [0.5, 0.6) is 0 Å². The predicted octanol–water partition coefficient (Wildman–Crippen LogP) is 6.32. The number of carbonyl (C=O) groups excluding carboxylic acids is 1. The number of aromatic nitrogens is 2. The number of nitrogens with zero attached hydrogens (tertiary/aromatic N) is 2. The Labute approximate surface area is 211 Å². The van der Waals surface area contributed by atoms with E-state index < -0.39 is 0 Å². The summed E-state index contributed by atoms with van der Waals surface area (Å²) in [6, 6.07) is 14.7. The van der Waals surface area contributed by atoms with Gasteiger partial charge in [-0.25, -0.2) is 14.4 Å². The fourth-order valence-corrected chi connectivity index (χ4v) is 8.17. The van der Waals surface area contributed by atoms with Crippen LogP contribution in [0.25, 0.3) is 11.3 Å². The van der Waals surface area contributed by atoms with E-state index in [1.54, 1.807) is 12.1 Å². The maximum atomic E-state index is 13.3. The minimum Gasteiger partial charge on any atom is -0.309 e. The van der Waals surface area contributed by atoms with Crippen LogP contribution in [-0.4, -0.2) is 15.9 Å². The highest BCUT2D eigenvalue weighted by molar-refractivity contribution is 5.92. The summed E-state index contributed by atoms with van der Waals surface area (Å²) in [5.74, 6) is 2.80. The molecule has 8 rings (SSSR count). The van der Waals surface area contributed by atoms with Crippen molar-refractivity contribution >= 4 is 11.7 Å². The monoisotopic (exact) mass is 481 g/mol. The second-order valence-electron chi connectivity index (χ2n) is 11.9. The van der Waals surface area contributed by atoms with Crippen molar-refractivity contribution in [3.05, 3.63) is 76.9 Å². The summed E-state index contributed by atoms with van der Waals surface area (Å²) >= 11 is 0.